The minimum atomic E-state index is -3.97. The van der Waals surface area contributed by atoms with Crippen LogP contribution in [-0.4, -0.2) is 44.5 Å². The molecule has 0 amide bonds. The van der Waals surface area contributed by atoms with Crippen LogP contribution in [0.5, 0.6) is 5.75 Å². The maximum Gasteiger partial charge on any atom is 0.324 e. The van der Waals surface area contributed by atoms with E-state index in [1.165, 1.54) is 31.4 Å². The summed E-state index contributed by atoms with van der Waals surface area (Å²) in [7, 11) is -2.76. The molecule has 0 N–H and O–H groups in total. The normalized spacial score (nSPS) is 20.1. The zero-order valence-electron chi connectivity index (χ0n) is 15.9. The third-order valence-electron chi connectivity index (χ3n) is 4.74. The van der Waals surface area contributed by atoms with Crippen LogP contribution in [0.4, 0.5) is 4.39 Å². The lowest BCUT2D eigenvalue weighted by Gasteiger charge is -2.23. The average molecular weight is 407 g/mol. The SMILES string of the molecule is COC(=O)C1CC(Oc2ccccc2F)CN1S(=O)(=O)c1ccc(C)cc1C. The van der Waals surface area contributed by atoms with Crippen molar-refractivity contribution in [2.24, 2.45) is 0 Å². The maximum atomic E-state index is 13.9. The molecule has 2 atom stereocenters. The molecule has 3 rings (SSSR count). The lowest BCUT2D eigenvalue weighted by atomic mass is 10.2. The van der Waals surface area contributed by atoms with Crippen LogP contribution in [0.1, 0.15) is 17.5 Å². The van der Waals surface area contributed by atoms with Crippen molar-refractivity contribution in [1.82, 2.24) is 4.31 Å². The topological polar surface area (TPSA) is 72.9 Å². The Morgan fingerprint density at radius 3 is 2.54 bits per heavy atom. The lowest BCUT2D eigenvalue weighted by Crippen LogP contribution is -2.41. The largest absolute Gasteiger partial charge is 0.486 e. The van der Waals surface area contributed by atoms with Crippen LogP contribution in [0, 0.1) is 19.7 Å². The van der Waals surface area contributed by atoms with Gasteiger partial charge in [-0.1, -0.05) is 29.8 Å². The summed E-state index contributed by atoms with van der Waals surface area (Å²) in [5, 5.41) is 0. The number of nitrogens with zero attached hydrogens (tertiary/aromatic N) is 1. The molecule has 1 heterocycles. The molecule has 1 aliphatic rings. The van der Waals surface area contributed by atoms with Crippen LogP contribution in [0.15, 0.2) is 47.4 Å². The number of benzene rings is 2. The van der Waals surface area contributed by atoms with Crippen molar-refractivity contribution in [3.05, 3.63) is 59.4 Å². The predicted molar refractivity (Wildman–Crippen MR) is 101 cm³/mol. The van der Waals surface area contributed by atoms with Gasteiger partial charge in [-0.25, -0.2) is 12.8 Å². The number of methoxy groups -OCH3 is 1. The first kappa shape index (κ1) is 20.3. The molecule has 1 fully saturated rings. The number of esters is 1. The number of carbonyl (C=O) groups excluding carboxylic acids is 1. The Balaban J connectivity index is 1.93. The highest BCUT2D eigenvalue weighted by Crippen LogP contribution is 2.31. The standard InChI is InChI=1S/C20H22FNO5S/c1-13-8-9-19(14(2)10-13)28(24,25)22-12-15(11-17(22)20(23)26-3)27-18-7-5-4-6-16(18)21/h4-10,15,17H,11-12H2,1-3H3. The van der Waals surface area contributed by atoms with Crippen LogP contribution in [0.2, 0.25) is 0 Å². The van der Waals surface area contributed by atoms with E-state index in [9.17, 15) is 17.6 Å². The van der Waals surface area contributed by atoms with Crippen molar-refractivity contribution >= 4 is 16.0 Å². The quantitative estimate of drug-likeness (QED) is 0.713. The van der Waals surface area contributed by atoms with Gasteiger partial charge in [-0.2, -0.15) is 4.31 Å². The second-order valence-corrected chi connectivity index (χ2v) is 8.65. The van der Waals surface area contributed by atoms with E-state index >= 15 is 0 Å². The van der Waals surface area contributed by atoms with Crippen LogP contribution in [-0.2, 0) is 19.6 Å². The number of ether oxygens (including phenoxy) is 2. The number of hydrogen-bond acceptors (Lipinski definition) is 5. The second-order valence-electron chi connectivity index (χ2n) is 6.79. The summed E-state index contributed by atoms with van der Waals surface area (Å²) in [4.78, 5) is 12.4. The second kappa shape index (κ2) is 7.89. The molecule has 2 aromatic rings. The van der Waals surface area contributed by atoms with Crippen molar-refractivity contribution < 1.29 is 27.1 Å². The molecule has 0 aromatic heterocycles. The molecule has 1 saturated heterocycles. The molecule has 2 unspecified atom stereocenters. The highest BCUT2D eigenvalue weighted by Gasteiger charge is 2.46. The highest BCUT2D eigenvalue weighted by atomic mass is 32.2. The zero-order chi connectivity index (χ0) is 20.5. The van der Waals surface area contributed by atoms with Crippen molar-refractivity contribution in [3.8, 4) is 5.75 Å². The minimum absolute atomic E-state index is 0.0156. The van der Waals surface area contributed by atoms with Gasteiger partial charge in [-0.05, 0) is 37.6 Å². The van der Waals surface area contributed by atoms with E-state index in [1.807, 2.05) is 6.92 Å². The predicted octanol–water partition coefficient (Wildman–Crippen LogP) is 2.83. The van der Waals surface area contributed by atoms with Gasteiger partial charge in [-0.15, -0.1) is 0 Å². The van der Waals surface area contributed by atoms with E-state index < -0.39 is 34.0 Å². The lowest BCUT2D eigenvalue weighted by molar-refractivity contribution is -0.144. The van der Waals surface area contributed by atoms with Crippen LogP contribution in [0.25, 0.3) is 0 Å². The number of sulfonamides is 1. The van der Waals surface area contributed by atoms with E-state index in [-0.39, 0.29) is 23.6 Å². The summed E-state index contributed by atoms with van der Waals surface area (Å²) >= 11 is 0. The van der Waals surface area contributed by atoms with Crippen molar-refractivity contribution in [2.75, 3.05) is 13.7 Å². The van der Waals surface area contributed by atoms with Crippen molar-refractivity contribution in [1.29, 1.82) is 0 Å². The molecular formula is C20H22FNO5S. The molecule has 6 nitrogen and oxygen atoms in total. The monoisotopic (exact) mass is 407 g/mol. The Labute approximate surface area is 163 Å². The van der Waals surface area contributed by atoms with E-state index in [0.717, 1.165) is 9.87 Å². The summed E-state index contributed by atoms with van der Waals surface area (Å²) in [6.45, 7) is 3.50. The first-order chi connectivity index (χ1) is 13.2. The molecule has 2 aromatic carbocycles. The first-order valence-electron chi connectivity index (χ1n) is 8.82. The molecule has 0 radical (unpaired) electrons. The van der Waals surface area contributed by atoms with E-state index in [0.29, 0.717) is 5.56 Å². The van der Waals surface area contributed by atoms with Gasteiger partial charge < -0.3 is 9.47 Å². The molecule has 0 bridgehead atoms. The van der Waals surface area contributed by atoms with Gasteiger partial charge in [-0.3, -0.25) is 4.79 Å². The van der Waals surface area contributed by atoms with Gasteiger partial charge in [0.2, 0.25) is 10.0 Å². The molecule has 1 aliphatic heterocycles. The molecule has 0 saturated carbocycles. The molecule has 8 heteroatoms. The van der Waals surface area contributed by atoms with Crippen LogP contribution in [0.3, 0.4) is 0 Å². The Bertz CT molecular complexity index is 992. The molecule has 0 spiro atoms. The van der Waals surface area contributed by atoms with Gasteiger partial charge in [0.25, 0.3) is 0 Å². The summed E-state index contributed by atoms with van der Waals surface area (Å²) in [5.41, 5.74) is 1.52. The zero-order valence-corrected chi connectivity index (χ0v) is 16.7. The fourth-order valence-corrected chi connectivity index (χ4v) is 5.23. The number of aryl methyl sites for hydroxylation is 2. The van der Waals surface area contributed by atoms with Gasteiger partial charge in [0.1, 0.15) is 12.1 Å². The van der Waals surface area contributed by atoms with Crippen molar-refractivity contribution in [2.45, 2.75) is 37.3 Å². The maximum absolute atomic E-state index is 13.9. The Hall–Kier alpha value is -2.45. The summed E-state index contributed by atoms with van der Waals surface area (Å²) in [6, 6.07) is 9.84. The summed E-state index contributed by atoms with van der Waals surface area (Å²) in [6.07, 6.45) is -0.605. The van der Waals surface area contributed by atoms with Crippen LogP contribution >= 0.6 is 0 Å². The van der Waals surface area contributed by atoms with Gasteiger partial charge in [0.05, 0.1) is 18.6 Å². The summed E-state index contributed by atoms with van der Waals surface area (Å²) in [5.74, 6) is -1.21. The van der Waals surface area contributed by atoms with Crippen LogP contribution < -0.4 is 4.74 Å². The fourth-order valence-electron chi connectivity index (χ4n) is 3.40. The third-order valence-corrected chi connectivity index (χ3v) is 6.77. The number of halogens is 1. The molecule has 150 valence electrons. The van der Waals surface area contributed by atoms with E-state index in [2.05, 4.69) is 0 Å². The minimum Gasteiger partial charge on any atom is -0.486 e. The number of para-hydroxylation sites is 1. The average Bonchev–Trinajstić information content (AvgIpc) is 3.07. The number of rotatable bonds is 5. The Kier molecular flexibility index (Phi) is 5.71. The van der Waals surface area contributed by atoms with E-state index in [1.54, 1.807) is 25.1 Å². The van der Waals surface area contributed by atoms with E-state index in [4.69, 9.17) is 9.47 Å². The third kappa shape index (κ3) is 3.88. The van der Waals surface area contributed by atoms with Gasteiger partial charge >= 0.3 is 5.97 Å². The van der Waals surface area contributed by atoms with Gasteiger partial charge in [0, 0.05) is 6.42 Å². The van der Waals surface area contributed by atoms with Crippen molar-refractivity contribution in [3.63, 3.8) is 0 Å². The molecular weight excluding hydrogens is 385 g/mol. The number of hydrogen-bond donors (Lipinski definition) is 0. The highest BCUT2D eigenvalue weighted by molar-refractivity contribution is 7.89. The first-order valence-corrected chi connectivity index (χ1v) is 10.3. The molecule has 0 aliphatic carbocycles. The Morgan fingerprint density at radius 2 is 1.89 bits per heavy atom. The Morgan fingerprint density at radius 1 is 1.18 bits per heavy atom. The van der Waals surface area contributed by atoms with Gasteiger partial charge in [0.15, 0.2) is 11.6 Å². The summed E-state index contributed by atoms with van der Waals surface area (Å²) < 4.78 is 51.9. The smallest absolute Gasteiger partial charge is 0.324 e. The fraction of sp³-hybridized carbons (Fsp3) is 0.350. The number of carbonyl (C=O) groups is 1. The molecule has 28 heavy (non-hydrogen) atoms.